The monoisotopic (exact) mass is 385 g/mol. The Hall–Kier alpha value is -1.90. The maximum atomic E-state index is 12.7. The average Bonchev–Trinajstić information content (AvgIpc) is 3.09. The number of rotatable bonds is 4. The summed E-state index contributed by atoms with van der Waals surface area (Å²) >= 11 is 0. The Morgan fingerprint density at radius 1 is 1.24 bits per heavy atom. The molecule has 1 saturated heterocycles. The lowest BCUT2D eigenvalue weighted by Gasteiger charge is -2.34. The molecule has 1 aromatic carbocycles. The number of amides is 1. The Morgan fingerprint density at radius 2 is 1.88 bits per heavy atom. The van der Waals surface area contributed by atoms with Crippen LogP contribution >= 0.6 is 12.4 Å². The molecule has 0 atom stereocenters. The van der Waals surface area contributed by atoms with Crippen LogP contribution in [-0.4, -0.2) is 43.4 Å². The molecule has 0 unspecified atom stereocenters. The fourth-order valence-electron chi connectivity index (χ4n) is 2.92. The lowest BCUT2D eigenvalue weighted by Crippen LogP contribution is -2.55. The highest BCUT2D eigenvalue weighted by molar-refractivity contribution is 7.92. The molecule has 0 bridgehead atoms. The summed E-state index contributed by atoms with van der Waals surface area (Å²) in [7, 11) is -3.53. The number of anilines is 1. The van der Waals surface area contributed by atoms with Gasteiger partial charge in [-0.15, -0.1) is 12.4 Å². The number of halogens is 1. The van der Waals surface area contributed by atoms with Crippen molar-refractivity contribution in [2.75, 3.05) is 24.7 Å². The van der Waals surface area contributed by atoms with E-state index in [-0.39, 0.29) is 25.2 Å². The zero-order chi connectivity index (χ0) is 17.2. The Bertz CT molecular complexity index is 814. The number of nitrogens with zero attached hydrogens (tertiary/aromatic N) is 1. The first-order chi connectivity index (χ1) is 11.4. The number of carbonyl (C=O) groups excluding carboxylic acids is 1. The van der Waals surface area contributed by atoms with Gasteiger partial charge < -0.3 is 15.1 Å². The molecule has 2 aromatic rings. The minimum Gasteiger partial charge on any atom is -0.444 e. The van der Waals surface area contributed by atoms with Gasteiger partial charge in [-0.1, -0.05) is 0 Å². The van der Waals surface area contributed by atoms with Gasteiger partial charge in [0.15, 0.2) is 26.7 Å². The van der Waals surface area contributed by atoms with Gasteiger partial charge >= 0.3 is 0 Å². The first kappa shape index (κ1) is 19.4. The van der Waals surface area contributed by atoms with Crippen molar-refractivity contribution in [3.05, 3.63) is 36.9 Å². The largest absolute Gasteiger partial charge is 0.444 e. The lowest BCUT2D eigenvalue weighted by atomic mass is 9.95. The SMILES string of the molecule is CS(=O)(=O)C1(C(=O)Nc2ccc(-c3cnco3)cc2)CCNCC1.Cl. The van der Waals surface area contributed by atoms with Gasteiger partial charge in [0.25, 0.3) is 0 Å². The molecular weight excluding hydrogens is 366 g/mol. The summed E-state index contributed by atoms with van der Waals surface area (Å²) in [6.45, 7) is 1.01. The van der Waals surface area contributed by atoms with E-state index in [0.717, 1.165) is 11.8 Å². The fourth-order valence-corrected chi connectivity index (χ4v) is 4.25. The highest BCUT2D eigenvalue weighted by Gasteiger charge is 2.48. The predicted molar refractivity (Wildman–Crippen MR) is 97.5 cm³/mol. The quantitative estimate of drug-likeness (QED) is 0.833. The van der Waals surface area contributed by atoms with Crippen molar-refractivity contribution in [3.8, 4) is 11.3 Å². The van der Waals surface area contributed by atoms with Crippen molar-refractivity contribution in [1.29, 1.82) is 0 Å². The zero-order valence-corrected chi connectivity index (χ0v) is 15.3. The van der Waals surface area contributed by atoms with E-state index in [1.54, 1.807) is 30.5 Å². The summed E-state index contributed by atoms with van der Waals surface area (Å²) in [6, 6.07) is 7.00. The molecule has 0 radical (unpaired) electrons. The van der Waals surface area contributed by atoms with Gasteiger partial charge in [-0.2, -0.15) is 0 Å². The Morgan fingerprint density at radius 3 is 2.40 bits per heavy atom. The van der Waals surface area contributed by atoms with Crippen LogP contribution in [-0.2, 0) is 14.6 Å². The highest BCUT2D eigenvalue weighted by Crippen LogP contribution is 2.30. The molecule has 3 rings (SSSR count). The van der Waals surface area contributed by atoms with Crippen LogP contribution in [0.1, 0.15) is 12.8 Å². The molecule has 0 saturated carbocycles. The molecule has 7 nitrogen and oxygen atoms in total. The molecule has 1 aromatic heterocycles. The van der Waals surface area contributed by atoms with Crippen molar-refractivity contribution in [2.24, 2.45) is 0 Å². The third kappa shape index (κ3) is 3.86. The third-order valence-electron chi connectivity index (χ3n) is 4.39. The number of carbonyl (C=O) groups is 1. The van der Waals surface area contributed by atoms with Crippen molar-refractivity contribution in [3.63, 3.8) is 0 Å². The van der Waals surface area contributed by atoms with E-state index >= 15 is 0 Å². The second kappa shape index (κ2) is 7.55. The van der Waals surface area contributed by atoms with Crippen LogP contribution in [0.25, 0.3) is 11.3 Å². The summed E-state index contributed by atoms with van der Waals surface area (Å²) < 4.78 is 28.3. The standard InChI is InChI=1S/C16H19N3O4S.ClH/c1-24(21,22)16(6-8-17-9-7-16)15(20)19-13-4-2-12(3-5-13)14-10-18-11-23-14;/h2-5,10-11,17H,6-9H2,1H3,(H,19,20);1H. The number of hydrogen-bond acceptors (Lipinski definition) is 6. The van der Waals surface area contributed by atoms with E-state index in [0.29, 0.717) is 24.5 Å². The van der Waals surface area contributed by atoms with E-state index < -0.39 is 20.5 Å². The van der Waals surface area contributed by atoms with Crippen LogP contribution < -0.4 is 10.6 Å². The summed E-state index contributed by atoms with van der Waals surface area (Å²) in [6.07, 6.45) is 4.62. The van der Waals surface area contributed by atoms with Crippen molar-refractivity contribution < 1.29 is 17.6 Å². The zero-order valence-electron chi connectivity index (χ0n) is 13.7. The third-order valence-corrected chi connectivity index (χ3v) is 6.41. The van der Waals surface area contributed by atoms with Crippen molar-refractivity contribution >= 4 is 33.8 Å². The number of sulfone groups is 1. The van der Waals surface area contributed by atoms with E-state index in [1.165, 1.54) is 6.39 Å². The van der Waals surface area contributed by atoms with Crippen LogP contribution in [0.3, 0.4) is 0 Å². The maximum Gasteiger partial charge on any atom is 0.245 e. The molecule has 25 heavy (non-hydrogen) atoms. The summed E-state index contributed by atoms with van der Waals surface area (Å²) in [5.41, 5.74) is 1.37. The van der Waals surface area contributed by atoms with Gasteiger partial charge in [-0.25, -0.2) is 13.4 Å². The topological polar surface area (TPSA) is 101 Å². The predicted octanol–water partition coefficient (Wildman–Crippen LogP) is 1.87. The van der Waals surface area contributed by atoms with Crippen LogP contribution in [0.5, 0.6) is 0 Å². The molecule has 9 heteroatoms. The molecule has 0 aliphatic carbocycles. The minimum atomic E-state index is -3.53. The first-order valence-corrected chi connectivity index (χ1v) is 9.52. The normalized spacial score (nSPS) is 16.7. The molecule has 1 amide bonds. The van der Waals surface area contributed by atoms with E-state index in [4.69, 9.17) is 4.42 Å². The average molecular weight is 386 g/mol. The molecule has 1 aliphatic heterocycles. The van der Waals surface area contributed by atoms with Gasteiger partial charge in [0.2, 0.25) is 5.91 Å². The highest BCUT2D eigenvalue weighted by atomic mass is 35.5. The van der Waals surface area contributed by atoms with E-state index in [9.17, 15) is 13.2 Å². The molecule has 2 heterocycles. The van der Waals surface area contributed by atoms with E-state index in [2.05, 4.69) is 15.6 Å². The molecule has 136 valence electrons. The number of oxazole rings is 1. The summed E-state index contributed by atoms with van der Waals surface area (Å²) in [5, 5.41) is 5.83. The van der Waals surface area contributed by atoms with Gasteiger partial charge in [0.05, 0.1) is 6.20 Å². The molecule has 1 fully saturated rings. The van der Waals surface area contributed by atoms with Crippen molar-refractivity contribution in [1.82, 2.24) is 10.3 Å². The second-order valence-corrected chi connectivity index (χ2v) is 8.24. The minimum absolute atomic E-state index is 0. The van der Waals surface area contributed by atoms with Gasteiger partial charge in [-0.05, 0) is 50.2 Å². The number of piperidine rings is 1. The van der Waals surface area contributed by atoms with Crippen LogP contribution in [0.15, 0.2) is 41.3 Å². The number of benzene rings is 1. The number of nitrogens with one attached hydrogen (secondary N) is 2. The Kier molecular flexibility index (Phi) is 5.87. The maximum absolute atomic E-state index is 12.7. The van der Waals surface area contributed by atoms with E-state index in [1.807, 2.05) is 0 Å². The smallest absolute Gasteiger partial charge is 0.245 e. The Labute approximate surface area is 152 Å². The van der Waals surface area contributed by atoms with Gasteiger partial charge in [0.1, 0.15) is 0 Å². The first-order valence-electron chi connectivity index (χ1n) is 7.63. The number of hydrogen-bond donors (Lipinski definition) is 2. The van der Waals surface area contributed by atoms with Gasteiger partial charge in [0, 0.05) is 17.5 Å². The molecule has 0 spiro atoms. The van der Waals surface area contributed by atoms with Crippen LogP contribution in [0.2, 0.25) is 0 Å². The van der Waals surface area contributed by atoms with Crippen LogP contribution in [0.4, 0.5) is 5.69 Å². The summed E-state index contributed by atoms with van der Waals surface area (Å²) in [5.74, 6) is 0.151. The van der Waals surface area contributed by atoms with Crippen molar-refractivity contribution in [2.45, 2.75) is 17.6 Å². The fraction of sp³-hybridized carbons (Fsp3) is 0.375. The molecular formula is C16H20ClN3O4S. The Balaban J connectivity index is 0.00000225. The summed E-state index contributed by atoms with van der Waals surface area (Å²) in [4.78, 5) is 16.6. The second-order valence-electron chi connectivity index (χ2n) is 5.91. The lowest BCUT2D eigenvalue weighted by molar-refractivity contribution is -0.119. The molecule has 1 aliphatic rings. The van der Waals surface area contributed by atoms with Crippen LogP contribution in [0, 0.1) is 0 Å². The van der Waals surface area contributed by atoms with Gasteiger partial charge in [-0.3, -0.25) is 4.79 Å². The number of aromatic nitrogens is 1. The molecule has 2 N–H and O–H groups in total.